The van der Waals surface area contributed by atoms with E-state index in [-0.39, 0.29) is 46.7 Å². The van der Waals surface area contributed by atoms with Crippen molar-refractivity contribution >= 4 is 19.1 Å². The lowest BCUT2D eigenvalue weighted by atomic mass is 9.43. The summed E-state index contributed by atoms with van der Waals surface area (Å²) in [5.74, 6) is 0.317. The smallest absolute Gasteiger partial charge is 0.447 e. The van der Waals surface area contributed by atoms with Crippen molar-refractivity contribution in [1.82, 2.24) is 10.2 Å². The van der Waals surface area contributed by atoms with E-state index in [1.165, 1.54) is 0 Å². The van der Waals surface area contributed by atoms with Gasteiger partial charge >= 0.3 is 13.2 Å². The Morgan fingerprint density at radius 1 is 1.21 bits per heavy atom. The minimum absolute atomic E-state index is 0.00709. The van der Waals surface area contributed by atoms with Crippen LogP contribution in [-0.2, 0) is 25.3 Å². The summed E-state index contributed by atoms with van der Waals surface area (Å²) in [5.41, 5.74) is 0.741. The first kappa shape index (κ1) is 30.6. The van der Waals surface area contributed by atoms with Crippen LogP contribution in [-0.4, -0.2) is 60.9 Å². The molecule has 226 valence electrons. The van der Waals surface area contributed by atoms with Gasteiger partial charge < -0.3 is 24.3 Å². The highest BCUT2D eigenvalue weighted by molar-refractivity contribution is 6.47. The highest BCUT2D eigenvalue weighted by atomic mass is 16.7. The van der Waals surface area contributed by atoms with Crippen LogP contribution in [0, 0.1) is 34.0 Å². The van der Waals surface area contributed by atoms with Gasteiger partial charge in [0, 0.05) is 6.54 Å². The van der Waals surface area contributed by atoms with Crippen molar-refractivity contribution in [3.05, 3.63) is 47.5 Å². The Morgan fingerprint density at radius 2 is 1.95 bits per heavy atom. The van der Waals surface area contributed by atoms with E-state index in [0.29, 0.717) is 31.2 Å². The van der Waals surface area contributed by atoms with E-state index < -0.39 is 19.2 Å². The number of ether oxygens (including phenoxy) is 1. The number of allylic oxidation sites excluding steroid dienone is 1. The van der Waals surface area contributed by atoms with Gasteiger partial charge in [-0.15, -0.1) is 0 Å². The largest absolute Gasteiger partial charge is 0.482 e. The van der Waals surface area contributed by atoms with Crippen molar-refractivity contribution < 1.29 is 23.6 Å². The molecular formula is C33H46BN3O5. The van der Waals surface area contributed by atoms with Crippen LogP contribution in [0.3, 0.4) is 0 Å². The number of rotatable bonds is 7. The standard InChI is InChI=1S/C33H46BN3O5/c1-31(2,3)19-23(20-35)29(38)37-15-11-10-14-25(37)21-40-30(39)36-28(16-22-12-8-7-9-13-22)34-41-27-18-24-17-26(32(24,4)5)33(27,6)42-34/h7-9,12-13,19,24-28H,10-11,14-18,21H2,1-6H3,(H,36,39)/t24-,25-,26-,27+,28?,33-/m0/s1. The van der Waals surface area contributed by atoms with E-state index in [4.69, 9.17) is 14.0 Å². The van der Waals surface area contributed by atoms with E-state index in [1.54, 1.807) is 11.0 Å². The molecule has 3 aliphatic carbocycles. The zero-order valence-electron chi connectivity index (χ0n) is 26.0. The number of nitriles is 1. The van der Waals surface area contributed by atoms with Crippen LogP contribution >= 0.6 is 0 Å². The molecule has 1 aromatic rings. The number of amides is 2. The molecule has 2 aliphatic heterocycles. The molecule has 2 heterocycles. The zero-order valence-corrected chi connectivity index (χ0v) is 26.0. The van der Waals surface area contributed by atoms with Gasteiger partial charge in [-0.3, -0.25) is 4.79 Å². The van der Waals surface area contributed by atoms with Crippen molar-refractivity contribution in [2.75, 3.05) is 13.2 Å². The Morgan fingerprint density at radius 3 is 2.62 bits per heavy atom. The van der Waals surface area contributed by atoms with Crippen molar-refractivity contribution in [3.63, 3.8) is 0 Å². The number of carbonyl (C=O) groups is 2. The van der Waals surface area contributed by atoms with Crippen molar-refractivity contribution in [2.24, 2.45) is 22.7 Å². The fraction of sp³-hybridized carbons (Fsp3) is 0.667. The monoisotopic (exact) mass is 575 g/mol. The molecule has 8 nitrogen and oxygen atoms in total. The molecule has 5 fully saturated rings. The van der Waals surface area contributed by atoms with Gasteiger partial charge in [-0.1, -0.05) is 71.0 Å². The number of hydrogen-bond donors (Lipinski definition) is 1. The predicted molar refractivity (Wildman–Crippen MR) is 161 cm³/mol. The minimum atomic E-state index is -0.587. The van der Waals surface area contributed by atoms with Crippen LogP contribution in [0.4, 0.5) is 4.79 Å². The second-order valence-corrected chi connectivity index (χ2v) is 14.6. The Hall–Kier alpha value is -2.83. The Labute approximate surface area is 251 Å². The molecule has 0 spiro atoms. The van der Waals surface area contributed by atoms with E-state index in [1.807, 2.05) is 51.1 Å². The molecule has 0 radical (unpaired) electrons. The fourth-order valence-corrected chi connectivity index (χ4v) is 7.69. The predicted octanol–water partition coefficient (Wildman–Crippen LogP) is 5.47. The summed E-state index contributed by atoms with van der Waals surface area (Å²) >= 11 is 0. The van der Waals surface area contributed by atoms with Crippen LogP contribution in [0.2, 0.25) is 0 Å². The van der Waals surface area contributed by atoms with Crippen molar-refractivity contribution in [3.8, 4) is 6.07 Å². The zero-order chi connectivity index (χ0) is 30.3. The Bertz CT molecular complexity index is 1240. The quantitative estimate of drug-likeness (QED) is 0.263. The average Bonchev–Trinajstić information content (AvgIpc) is 3.31. The fourth-order valence-electron chi connectivity index (χ4n) is 7.69. The number of benzene rings is 1. The summed E-state index contributed by atoms with van der Waals surface area (Å²) < 4.78 is 19.0. The van der Waals surface area contributed by atoms with Gasteiger partial charge in [-0.25, -0.2) is 4.79 Å². The summed E-state index contributed by atoms with van der Waals surface area (Å²) in [4.78, 5) is 28.2. The number of piperidine rings is 1. The van der Waals surface area contributed by atoms with Crippen LogP contribution in [0.5, 0.6) is 0 Å². The number of likely N-dealkylation sites (tertiary alicyclic amines) is 1. The number of nitrogens with zero attached hydrogens (tertiary/aromatic N) is 2. The van der Waals surface area contributed by atoms with Crippen LogP contribution < -0.4 is 5.32 Å². The van der Waals surface area contributed by atoms with Gasteiger partial charge in [0.1, 0.15) is 18.2 Å². The molecule has 2 bridgehead atoms. The number of hydrogen-bond acceptors (Lipinski definition) is 6. The minimum Gasteiger partial charge on any atom is -0.447 e. The molecule has 1 N–H and O–H groups in total. The second-order valence-electron chi connectivity index (χ2n) is 14.6. The third-order valence-corrected chi connectivity index (χ3v) is 10.1. The highest BCUT2D eigenvalue weighted by Crippen LogP contribution is 2.65. The van der Waals surface area contributed by atoms with E-state index in [2.05, 4.69) is 32.2 Å². The maximum atomic E-state index is 13.3. The van der Waals surface area contributed by atoms with E-state index in [0.717, 1.165) is 31.2 Å². The van der Waals surface area contributed by atoms with Gasteiger partial charge in [0.15, 0.2) is 0 Å². The third-order valence-electron chi connectivity index (χ3n) is 10.1. The molecule has 1 unspecified atom stereocenters. The molecule has 2 saturated heterocycles. The molecule has 1 aromatic carbocycles. The number of alkyl carbamates (subject to hydrolysis) is 1. The second kappa shape index (κ2) is 11.7. The molecule has 6 atom stereocenters. The van der Waals surface area contributed by atoms with Crippen LogP contribution in [0.15, 0.2) is 42.0 Å². The molecule has 42 heavy (non-hydrogen) atoms. The summed E-state index contributed by atoms with van der Waals surface area (Å²) in [7, 11) is -0.587. The highest BCUT2D eigenvalue weighted by Gasteiger charge is 2.68. The first-order valence-electron chi connectivity index (χ1n) is 15.6. The van der Waals surface area contributed by atoms with Crippen molar-refractivity contribution in [2.45, 2.75) is 104 Å². The molecule has 5 aliphatic rings. The Balaban J connectivity index is 1.26. The first-order valence-corrected chi connectivity index (χ1v) is 15.6. The number of nitrogens with one attached hydrogen (secondary N) is 1. The van der Waals surface area contributed by atoms with Gasteiger partial charge in [0.05, 0.1) is 23.7 Å². The molecular weight excluding hydrogens is 529 g/mol. The number of carbonyl (C=O) groups excluding carboxylic acids is 2. The lowest BCUT2D eigenvalue weighted by Gasteiger charge is -2.64. The Kier molecular flexibility index (Phi) is 8.53. The van der Waals surface area contributed by atoms with Crippen LogP contribution in [0.1, 0.15) is 79.2 Å². The van der Waals surface area contributed by atoms with Crippen LogP contribution in [0.25, 0.3) is 0 Å². The first-order chi connectivity index (χ1) is 19.8. The normalized spacial score (nSPS) is 30.9. The summed E-state index contributed by atoms with van der Waals surface area (Å²) in [6.07, 6.45) is 6.34. The van der Waals surface area contributed by atoms with Gasteiger partial charge in [-0.2, -0.15) is 5.26 Å². The van der Waals surface area contributed by atoms with Gasteiger partial charge in [0.25, 0.3) is 5.91 Å². The van der Waals surface area contributed by atoms with E-state index >= 15 is 0 Å². The lowest BCUT2D eigenvalue weighted by molar-refractivity contribution is -0.199. The third kappa shape index (κ3) is 6.12. The maximum absolute atomic E-state index is 13.3. The molecule has 0 aromatic heterocycles. The van der Waals surface area contributed by atoms with Gasteiger partial charge in [-0.05, 0) is 73.7 Å². The summed E-state index contributed by atoms with van der Waals surface area (Å²) in [5, 5.41) is 12.7. The van der Waals surface area contributed by atoms with Gasteiger partial charge in [0.2, 0.25) is 0 Å². The van der Waals surface area contributed by atoms with Crippen molar-refractivity contribution in [1.29, 1.82) is 5.26 Å². The average molecular weight is 576 g/mol. The SMILES string of the molecule is CC(C)(C)C=C(C#N)C(=O)N1CCCC[C@H]1COC(=O)NC(Cc1ccccc1)B1O[C@@H]2C[C@@H]3C[C@@H](C3(C)C)[C@]2(C)O1. The molecule has 2 amide bonds. The van der Waals surface area contributed by atoms with E-state index in [9.17, 15) is 14.9 Å². The molecule has 3 saturated carbocycles. The maximum Gasteiger partial charge on any atom is 0.482 e. The molecule has 6 rings (SSSR count). The molecule has 9 heteroatoms. The summed E-state index contributed by atoms with van der Waals surface area (Å²) in [6, 6.07) is 11.8. The summed E-state index contributed by atoms with van der Waals surface area (Å²) in [6.45, 7) is 13.3. The topological polar surface area (TPSA) is 101 Å². The lowest BCUT2D eigenvalue weighted by Crippen LogP contribution is -2.65.